The molecule has 0 aromatic rings. The van der Waals surface area contributed by atoms with Crippen LogP contribution in [0.2, 0.25) is 0 Å². The maximum atomic E-state index is 12.6. The summed E-state index contributed by atoms with van der Waals surface area (Å²) >= 11 is 0. The highest BCUT2D eigenvalue weighted by Crippen LogP contribution is 2.77. The Bertz CT molecular complexity index is 980. The van der Waals surface area contributed by atoms with Crippen molar-refractivity contribution in [2.24, 2.45) is 46.3 Å². The second-order valence-electron chi connectivity index (χ2n) is 14.7. The summed E-state index contributed by atoms with van der Waals surface area (Å²) in [7, 11) is 0. The highest BCUT2D eigenvalue weighted by molar-refractivity contribution is 5.30. The van der Waals surface area contributed by atoms with Gasteiger partial charge in [-0.2, -0.15) is 0 Å². The molecule has 210 valence electrons. The van der Waals surface area contributed by atoms with Crippen LogP contribution in [0, 0.1) is 46.3 Å². The van der Waals surface area contributed by atoms with Gasteiger partial charge in [0.1, 0.15) is 17.8 Å². The van der Waals surface area contributed by atoms with Crippen LogP contribution < -0.4 is 0 Å². The lowest BCUT2D eigenvalue weighted by atomic mass is 9.41. The van der Waals surface area contributed by atoms with Crippen molar-refractivity contribution in [1.29, 1.82) is 0 Å². The molecule has 3 aliphatic heterocycles. The Kier molecular flexibility index (Phi) is 5.17. The van der Waals surface area contributed by atoms with Crippen LogP contribution in [-0.2, 0) is 4.74 Å². The summed E-state index contributed by atoms with van der Waals surface area (Å²) in [4.78, 5) is 2.33. The van der Waals surface area contributed by atoms with Crippen molar-refractivity contribution >= 4 is 0 Å². The van der Waals surface area contributed by atoms with Crippen LogP contribution in [-0.4, -0.2) is 108 Å². The number of rotatable bonds is 0. The summed E-state index contributed by atoms with van der Waals surface area (Å²) < 4.78 is 6.10. The zero-order valence-electron chi connectivity index (χ0n) is 22.2. The van der Waals surface area contributed by atoms with E-state index in [1.54, 1.807) is 6.92 Å². The van der Waals surface area contributed by atoms with E-state index in [4.69, 9.17) is 4.74 Å². The van der Waals surface area contributed by atoms with Crippen molar-refractivity contribution in [3.63, 3.8) is 0 Å². The van der Waals surface area contributed by atoms with Crippen LogP contribution >= 0.6 is 0 Å². The van der Waals surface area contributed by atoms with Crippen molar-refractivity contribution in [3.05, 3.63) is 0 Å². The first-order valence-electron chi connectivity index (χ1n) is 14.5. The Morgan fingerprint density at radius 3 is 2.41 bits per heavy atom. The molecular formula is C28H45NO8. The van der Waals surface area contributed by atoms with Crippen molar-refractivity contribution in [2.75, 3.05) is 19.7 Å². The zero-order chi connectivity index (χ0) is 26.5. The van der Waals surface area contributed by atoms with Gasteiger partial charge in [0.25, 0.3) is 0 Å². The first-order chi connectivity index (χ1) is 17.2. The maximum absolute atomic E-state index is 12.6. The SMILES string of the molecule is C[C@@H]1CC[C@@H]2N(C1)C[C@@H]1[C@H]([C@H](O)[C@H](O)[C@]3(O)[C@@H]1C[C@@]14CO[C@@]5(O)[C@H](O)CC[C@@]1(C)[C@H]5C[C@H](O)[C@H]34)[C@@]2(C)O. The lowest BCUT2D eigenvalue weighted by molar-refractivity contribution is -0.408. The van der Waals surface area contributed by atoms with Gasteiger partial charge in [0, 0.05) is 42.3 Å². The lowest BCUT2D eigenvalue weighted by Crippen LogP contribution is -2.78. The van der Waals surface area contributed by atoms with Crippen molar-refractivity contribution in [3.8, 4) is 0 Å². The molecule has 0 aromatic heterocycles. The van der Waals surface area contributed by atoms with E-state index in [-0.39, 0.29) is 25.0 Å². The fourth-order valence-corrected chi connectivity index (χ4v) is 11.8. The van der Waals surface area contributed by atoms with Crippen LogP contribution in [0.1, 0.15) is 59.3 Å². The number of aliphatic hydroxyl groups excluding tert-OH is 4. The van der Waals surface area contributed by atoms with Gasteiger partial charge >= 0.3 is 0 Å². The predicted molar refractivity (Wildman–Crippen MR) is 131 cm³/mol. The second-order valence-corrected chi connectivity index (χ2v) is 14.7. The molecule has 3 heterocycles. The van der Waals surface area contributed by atoms with Crippen LogP contribution in [0.3, 0.4) is 0 Å². The van der Waals surface area contributed by atoms with Crippen LogP contribution in [0.15, 0.2) is 0 Å². The topological polar surface area (TPSA) is 154 Å². The molecule has 7 aliphatic rings. The van der Waals surface area contributed by atoms with Crippen molar-refractivity contribution < 1.29 is 40.5 Å². The normalized spacial score (nSPS) is 66.8. The zero-order valence-corrected chi connectivity index (χ0v) is 22.2. The van der Waals surface area contributed by atoms with Gasteiger partial charge in [-0.15, -0.1) is 0 Å². The van der Waals surface area contributed by atoms with Gasteiger partial charge < -0.3 is 40.5 Å². The summed E-state index contributed by atoms with van der Waals surface area (Å²) in [5, 5.41) is 81.6. The summed E-state index contributed by atoms with van der Waals surface area (Å²) in [5.41, 5.74) is -4.27. The number of hydrogen-bond acceptors (Lipinski definition) is 9. The molecule has 0 radical (unpaired) electrons. The average molecular weight is 524 g/mol. The minimum atomic E-state index is -1.76. The Labute approximate surface area is 218 Å². The van der Waals surface area contributed by atoms with Crippen molar-refractivity contribution in [1.82, 2.24) is 4.90 Å². The molecule has 3 saturated heterocycles. The fourth-order valence-electron chi connectivity index (χ4n) is 11.8. The molecule has 0 aromatic carbocycles. The first kappa shape index (κ1) is 25.6. The molecule has 0 amide bonds. The van der Waals surface area contributed by atoms with Gasteiger partial charge in [0.2, 0.25) is 0 Å². The Balaban J connectivity index is 1.36. The van der Waals surface area contributed by atoms with E-state index >= 15 is 0 Å². The van der Waals surface area contributed by atoms with E-state index in [9.17, 15) is 35.7 Å². The maximum Gasteiger partial charge on any atom is 0.195 e. The molecule has 9 nitrogen and oxygen atoms in total. The van der Waals surface area contributed by atoms with E-state index in [2.05, 4.69) is 18.7 Å². The summed E-state index contributed by atoms with van der Waals surface area (Å²) in [6, 6.07) is -0.111. The molecule has 1 spiro atoms. The lowest BCUT2D eigenvalue weighted by Gasteiger charge is -2.70. The van der Waals surface area contributed by atoms with Crippen LogP contribution in [0.5, 0.6) is 0 Å². The van der Waals surface area contributed by atoms with Gasteiger partial charge in [-0.1, -0.05) is 13.8 Å². The quantitative estimate of drug-likeness (QED) is 0.221. The standard InChI is InChI=1S/C28H45NO8/c1-13-4-5-18-25(3,34)20-14(11-29(18)10-13)15-9-26-12-37-28(36)17(24(26,2)7-6-19(28)31)8-16(30)22(26)27(15,35)23(33)21(20)32/h13-23,30-36H,4-12H2,1-3H3/t13-,14+,15-,16+,17-,18+,19-,20-,21+,22+,23+,24+,25+,26+,27+,28-/m1/s1. The van der Waals surface area contributed by atoms with E-state index in [1.807, 2.05) is 0 Å². The largest absolute Gasteiger partial charge is 0.393 e. The molecule has 7 rings (SSSR count). The van der Waals surface area contributed by atoms with Crippen LogP contribution in [0.25, 0.3) is 0 Å². The number of nitrogens with zero attached hydrogens (tertiary/aromatic N) is 1. The summed E-state index contributed by atoms with van der Waals surface area (Å²) in [6.07, 6.45) is -1.49. The fraction of sp³-hybridized carbons (Fsp3) is 1.00. The molecule has 0 unspecified atom stereocenters. The Hall–Kier alpha value is -0.360. The minimum Gasteiger partial charge on any atom is -0.393 e. The minimum absolute atomic E-state index is 0.0636. The van der Waals surface area contributed by atoms with Gasteiger partial charge in [-0.3, -0.25) is 4.90 Å². The molecule has 37 heavy (non-hydrogen) atoms. The van der Waals surface area contributed by atoms with Crippen LogP contribution in [0.4, 0.5) is 0 Å². The summed E-state index contributed by atoms with van der Waals surface area (Å²) in [5.74, 6) is -3.85. The number of hydrogen-bond donors (Lipinski definition) is 7. The third-order valence-corrected chi connectivity index (χ3v) is 13.4. The summed E-state index contributed by atoms with van der Waals surface area (Å²) in [6.45, 7) is 7.63. The molecule has 4 aliphatic carbocycles. The molecule has 4 bridgehead atoms. The smallest absolute Gasteiger partial charge is 0.195 e. The second kappa shape index (κ2) is 7.47. The molecular weight excluding hydrogens is 478 g/mol. The molecule has 4 saturated carbocycles. The highest BCUT2D eigenvalue weighted by atomic mass is 16.6. The van der Waals surface area contributed by atoms with E-state index < -0.39 is 75.9 Å². The third kappa shape index (κ3) is 2.73. The monoisotopic (exact) mass is 523 g/mol. The van der Waals surface area contributed by atoms with Crippen molar-refractivity contribution in [2.45, 2.75) is 107 Å². The van der Waals surface area contributed by atoms with E-state index in [1.165, 1.54) is 0 Å². The number of fused-ring (bicyclic) bond motifs is 5. The molecule has 9 heteroatoms. The Morgan fingerprint density at radius 1 is 0.946 bits per heavy atom. The van der Waals surface area contributed by atoms with Gasteiger partial charge in [0.15, 0.2) is 5.79 Å². The number of ether oxygens (including phenoxy) is 1. The molecule has 7 fully saturated rings. The first-order valence-corrected chi connectivity index (χ1v) is 14.5. The van der Waals surface area contributed by atoms with Gasteiger partial charge in [0.05, 0.1) is 24.4 Å². The number of aliphatic hydroxyl groups is 7. The predicted octanol–water partition coefficient (Wildman–Crippen LogP) is -0.566. The number of piperidine rings is 2. The highest BCUT2D eigenvalue weighted by Gasteiger charge is 2.82. The van der Waals surface area contributed by atoms with E-state index in [0.29, 0.717) is 31.7 Å². The van der Waals surface area contributed by atoms with E-state index in [0.717, 1.165) is 19.4 Å². The molecule has 16 atom stereocenters. The average Bonchev–Trinajstić information content (AvgIpc) is 3.11. The van der Waals surface area contributed by atoms with Gasteiger partial charge in [-0.25, -0.2) is 0 Å². The molecule has 7 N–H and O–H groups in total. The Morgan fingerprint density at radius 2 is 1.68 bits per heavy atom. The van der Waals surface area contributed by atoms with Gasteiger partial charge in [-0.05, 0) is 68.6 Å². The third-order valence-electron chi connectivity index (χ3n) is 13.4.